The molecule has 0 radical (unpaired) electrons. The molecule has 1 aliphatic heterocycles. The number of hydrogen-bond acceptors (Lipinski definition) is 8. The summed E-state index contributed by atoms with van der Waals surface area (Å²) in [5, 5.41) is 14.2. The van der Waals surface area contributed by atoms with E-state index in [1.165, 1.54) is 0 Å². The second-order valence-electron chi connectivity index (χ2n) is 8.04. The molecule has 0 saturated heterocycles. The molecule has 0 aliphatic carbocycles. The van der Waals surface area contributed by atoms with Crippen molar-refractivity contribution in [2.45, 2.75) is 6.61 Å². The highest BCUT2D eigenvalue weighted by molar-refractivity contribution is 5.86. The van der Waals surface area contributed by atoms with Gasteiger partial charge in [-0.2, -0.15) is 9.61 Å². The maximum absolute atomic E-state index is 6.11. The molecule has 0 fully saturated rings. The van der Waals surface area contributed by atoms with E-state index in [0.717, 1.165) is 45.9 Å². The molecular formula is C25H22N6O3. The van der Waals surface area contributed by atoms with Crippen molar-refractivity contribution in [1.29, 1.82) is 0 Å². The summed E-state index contributed by atoms with van der Waals surface area (Å²) in [4.78, 5) is 6.59. The molecule has 34 heavy (non-hydrogen) atoms. The van der Waals surface area contributed by atoms with Crippen molar-refractivity contribution in [3.8, 4) is 28.5 Å². The Labute approximate surface area is 195 Å². The summed E-state index contributed by atoms with van der Waals surface area (Å²) in [6.45, 7) is 1.75. The van der Waals surface area contributed by atoms with Gasteiger partial charge >= 0.3 is 0 Å². The minimum absolute atomic E-state index is 0.209. The lowest BCUT2D eigenvalue weighted by molar-refractivity contribution is 0.296. The van der Waals surface area contributed by atoms with Gasteiger partial charge in [0.25, 0.3) is 0 Å². The van der Waals surface area contributed by atoms with E-state index in [1.54, 1.807) is 17.8 Å². The summed E-state index contributed by atoms with van der Waals surface area (Å²) in [5.74, 6) is 2.92. The molecule has 0 atom stereocenters. The highest BCUT2D eigenvalue weighted by Gasteiger charge is 2.17. The van der Waals surface area contributed by atoms with E-state index < -0.39 is 0 Å². The van der Waals surface area contributed by atoms with Gasteiger partial charge in [-0.3, -0.25) is 4.98 Å². The summed E-state index contributed by atoms with van der Waals surface area (Å²) in [7, 11) is 3.70. The molecule has 0 amide bonds. The zero-order valence-electron chi connectivity index (χ0n) is 18.8. The maximum Gasteiger partial charge on any atom is 0.192 e. The molecule has 9 heteroatoms. The molecule has 1 aliphatic rings. The third-order valence-electron chi connectivity index (χ3n) is 5.95. The zero-order valence-corrected chi connectivity index (χ0v) is 18.8. The lowest BCUT2D eigenvalue weighted by atomic mass is 10.1. The van der Waals surface area contributed by atoms with Crippen LogP contribution in [0.4, 0.5) is 5.69 Å². The van der Waals surface area contributed by atoms with Crippen LogP contribution >= 0.6 is 0 Å². The Balaban J connectivity index is 1.30. The molecule has 0 bridgehead atoms. The van der Waals surface area contributed by atoms with E-state index in [1.807, 2.05) is 42.5 Å². The van der Waals surface area contributed by atoms with Crippen LogP contribution in [0.2, 0.25) is 0 Å². The molecule has 2 aromatic carbocycles. The Morgan fingerprint density at radius 2 is 1.97 bits per heavy atom. The van der Waals surface area contributed by atoms with Gasteiger partial charge in [-0.25, -0.2) is 0 Å². The van der Waals surface area contributed by atoms with Crippen molar-refractivity contribution in [2.24, 2.45) is 0 Å². The SMILES string of the molecule is COc1ccc2c(OCc3nnc4ccc(-c5ccc6c(c5)OCCN6C)nn34)ccnc2c1. The molecule has 170 valence electrons. The van der Waals surface area contributed by atoms with Crippen LogP contribution in [-0.4, -0.2) is 52.1 Å². The summed E-state index contributed by atoms with van der Waals surface area (Å²) in [6, 6.07) is 17.5. The van der Waals surface area contributed by atoms with Crippen molar-refractivity contribution in [1.82, 2.24) is 24.8 Å². The van der Waals surface area contributed by atoms with E-state index >= 15 is 0 Å². The van der Waals surface area contributed by atoms with Crippen molar-refractivity contribution < 1.29 is 14.2 Å². The van der Waals surface area contributed by atoms with Crippen LogP contribution in [0.5, 0.6) is 17.2 Å². The summed E-state index contributed by atoms with van der Waals surface area (Å²) >= 11 is 0. The molecule has 0 N–H and O–H groups in total. The van der Waals surface area contributed by atoms with Crippen LogP contribution < -0.4 is 19.1 Å². The highest BCUT2D eigenvalue weighted by Crippen LogP contribution is 2.34. The molecular weight excluding hydrogens is 432 g/mol. The van der Waals surface area contributed by atoms with Crippen molar-refractivity contribution in [3.05, 3.63) is 66.6 Å². The molecule has 0 spiro atoms. The van der Waals surface area contributed by atoms with Crippen molar-refractivity contribution in [2.75, 3.05) is 32.2 Å². The van der Waals surface area contributed by atoms with Crippen LogP contribution in [0.25, 0.3) is 27.8 Å². The molecule has 6 rings (SSSR count). The van der Waals surface area contributed by atoms with E-state index in [0.29, 0.717) is 23.8 Å². The number of nitrogens with zero attached hydrogens (tertiary/aromatic N) is 6. The van der Waals surface area contributed by atoms with Gasteiger partial charge in [0.1, 0.15) is 30.5 Å². The number of methoxy groups -OCH3 is 1. The number of aromatic nitrogens is 5. The topological polar surface area (TPSA) is 86.9 Å². The Kier molecular flexibility index (Phi) is 4.87. The van der Waals surface area contributed by atoms with Gasteiger partial charge in [0.05, 0.1) is 30.6 Å². The lowest BCUT2D eigenvalue weighted by Crippen LogP contribution is -2.28. The van der Waals surface area contributed by atoms with Crippen LogP contribution in [-0.2, 0) is 6.61 Å². The molecule has 0 unspecified atom stereocenters. The number of fused-ring (bicyclic) bond motifs is 3. The number of ether oxygens (including phenoxy) is 3. The third kappa shape index (κ3) is 3.51. The van der Waals surface area contributed by atoms with Crippen LogP contribution in [0.15, 0.2) is 60.8 Å². The zero-order chi connectivity index (χ0) is 23.1. The number of pyridine rings is 1. The second kappa shape index (κ2) is 8.18. The molecule has 5 aromatic rings. The fraction of sp³-hybridized carbons (Fsp3) is 0.200. The van der Waals surface area contributed by atoms with E-state index in [2.05, 4.69) is 39.3 Å². The van der Waals surface area contributed by atoms with Gasteiger partial charge in [0.15, 0.2) is 11.5 Å². The monoisotopic (exact) mass is 454 g/mol. The molecule has 0 saturated carbocycles. The summed E-state index contributed by atoms with van der Waals surface area (Å²) in [5.41, 5.74) is 4.29. The number of likely N-dealkylation sites (N-methyl/N-ethyl adjacent to an activating group) is 1. The highest BCUT2D eigenvalue weighted by atomic mass is 16.5. The van der Waals surface area contributed by atoms with E-state index in [4.69, 9.17) is 19.3 Å². The number of benzene rings is 2. The Morgan fingerprint density at radius 1 is 1.03 bits per heavy atom. The van der Waals surface area contributed by atoms with Crippen LogP contribution in [0.3, 0.4) is 0 Å². The van der Waals surface area contributed by atoms with Gasteiger partial charge < -0.3 is 19.1 Å². The van der Waals surface area contributed by atoms with Gasteiger partial charge in [-0.1, -0.05) is 6.07 Å². The number of anilines is 1. The third-order valence-corrected chi connectivity index (χ3v) is 5.95. The van der Waals surface area contributed by atoms with Gasteiger partial charge in [0, 0.05) is 30.3 Å². The minimum Gasteiger partial charge on any atom is -0.497 e. The summed E-state index contributed by atoms with van der Waals surface area (Å²) in [6.07, 6.45) is 1.71. The minimum atomic E-state index is 0.209. The first-order chi connectivity index (χ1) is 16.7. The number of rotatable bonds is 5. The fourth-order valence-electron chi connectivity index (χ4n) is 4.09. The first-order valence-corrected chi connectivity index (χ1v) is 10.9. The predicted octanol–water partition coefficient (Wildman–Crippen LogP) is 3.76. The van der Waals surface area contributed by atoms with E-state index in [-0.39, 0.29) is 6.61 Å². The largest absolute Gasteiger partial charge is 0.497 e. The average Bonchev–Trinajstić information content (AvgIpc) is 3.29. The average molecular weight is 454 g/mol. The van der Waals surface area contributed by atoms with Crippen molar-refractivity contribution in [3.63, 3.8) is 0 Å². The van der Waals surface area contributed by atoms with Crippen LogP contribution in [0.1, 0.15) is 5.82 Å². The Morgan fingerprint density at radius 3 is 2.88 bits per heavy atom. The number of hydrogen-bond donors (Lipinski definition) is 0. The fourth-order valence-corrected chi connectivity index (χ4v) is 4.09. The Hall–Kier alpha value is -4.40. The van der Waals surface area contributed by atoms with E-state index in [9.17, 15) is 0 Å². The maximum atomic E-state index is 6.11. The van der Waals surface area contributed by atoms with Gasteiger partial charge in [-0.15, -0.1) is 10.2 Å². The summed E-state index contributed by atoms with van der Waals surface area (Å²) < 4.78 is 19.0. The van der Waals surface area contributed by atoms with Gasteiger partial charge in [0.2, 0.25) is 0 Å². The molecule has 9 nitrogen and oxygen atoms in total. The van der Waals surface area contributed by atoms with Crippen LogP contribution in [0, 0.1) is 0 Å². The predicted molar refractivity (Wildman–Crippen MR) is 128 cm³/mol. The molecule has 4 heterocycles. The second-order valence-corrected chi connectivity index (χ2v) is 8.04. The van der Waals surface area contributed by atoms with Gasteiger partial charge in [-0.05, 0) is 42.5 Å². The first kappa shape index (κ1) is 20.2. The quantitative estimate of drug-likeness (QED) is 0.397. The normalized spacial score (nSPS) is 13.1. The Bertz CT molecular complexity index is 1520. The lowest BCUT2D eigenvalue weighted by Gasteiger charge is -2.27. The first-order valence-electron chi connectivity index (χ1n) is 10.9. The standard InChI is InChI=1S/C25H22N6O3/c1-30-11-12-33-23-13-16(3-7-21(23)30)19-6-8-24-27-28-25(31(24)29-19)15-34-22-9-10-26-20-14-17(32-2)4-5-18(20)22/h3-10,13-14H,11-12,15H2,1-2H3. The molecule has 3 aromatic heterocycles. The van der Waals surface area contributed by atoms with Crippen molar-refractivity contribution >= 4 is 22.2 Å². The smallest absolute Gasteiger partial charge is 0.192 e.